The lowest BCUT2D eigenvalue weighted by Gasteiger charge is -2.05. The standard InChI is InChI=1S/C12H12O/c1-2-10-7-8-13-9-11-5-3-4-6-12(10)11/h2-7H,1,8-9H2. The molecular weight excluding hydrogens is 160 g/mol. The molecule has 0 radical (unpaired) electrons. The third-order valence-corrected chi connectivity index (χ3v) is 2.23. The number of hydrogen-bond donors (Lipinski definition) is 0. The molecule has 0 fully saturated rings. The molecule has 1 nitrogen and oxygen atoms in total. The van der Waals surface area contributed by atoms with Crippen LogP contribution in [0.1, 0.15) is 11.1 Å². The summed E-state index contributed by atoms with van der Waals surface area (Å²) >= 11 is 0. The van der Waals surface area contributed by atoms with Gasteiger partial charge in [-0.15, -0.1) is 0 Å². The van der Waals surface area contributed by atoms with Gasteiger partial charge in [0.1, 0.15) is 0 Å². The van der Waals surface area contributed by atoms with E-state index in [1.54, 1.807) is 0 Å². The molecule has 66 valence electrons. The number of fused-ring (bicyclic) bond motifs is 1. The van der Waals surface area contributed by atoms with Gasteiger partial charge in [0.05, 0.1) is 13.2 Å². The summed E-state index contributed by atoms with van der Waals surface area (Å²) in [5, 5.41) is 0. The molecule has 0 spiro atoms. The van der Waals surface area contributed by atoms with Crippen LogP contribution < -0.4 is 0 Å². The molecule has 13 heavy (non-hydrogen) atoms. The number of benzene rings is 1. The first-order valence-electron chi connectivity index (χ1n) is 4.40. The summed E-state index contributed by atoms with van der Waals surface area (Å²) in [7, 11) is 0. The molecule has 0 aliphatic carbocycles. The molecule has 0 atom stereocenters. The van der Waals surface area contributed by atoms with E-state index >= 15 is 0 Å². The first kappa shape index (κ1) is 8.27. The van der Waals surface area contributed by atoms with Crippen molar-refractivity contribution in [3.63, 3.8) is 0 Å². The molecule has 0 amide bonds. The molecule has 0 bridgehead atoms. The Morgan fingerprint density at radius 2 is 2.15 bits per heavy atom. The van der Waals surface area contributed by atoms with E-state index in [-0.39, 0.29) is 0 Å². The van der Waals surface area contributed by atoms with Gasteiger partial charge in [0.2, 0.25) is 0 Å². The summed E-state index contributed by atoms with van der Waals surface area (Å²) in [4.78, 5) is 0. The minimum Gasteiger partial charge on any atom is -0.373 e. The maximum Gasteiger partial charge on any atom is 0.0727 e. The minimum atomic E-state index is 0.677. The molecule has 1 aromatic rings. The molecule has 1 aliphatic heterocycles. The van der Waals surface area contributed by atoms with Gasteiger partial charge in [0, 0.05) is 0 Å². The molecule has 0 saturated heterocycles. The molecule has 0 aromatic heterocycles. The zero-order chi connectivity index (χ0) is 9.10. The van der Waals surface area contributed by atoms with Crippen molar-refractivity contribution in [1.29, 1.82) is 0 Å². The Morgan fingerprint density at radius 1 is 1.31 bits per heavy atom. The lowest BCUT2D eigenvalue weighted by molar-refractivity contribution is 0.150. The Labute approximate surface area is 78.3 Å². The van der Waals surface area contributed by atoms with Crippen LogP contribution in [0.2, 0.25) is 0 Å². The molecule has 0 unspecified atom stereocenters. The van der Waals surface area contributed by atoms with Gasteiger partial charge < -0.3 is 4.74 Å². The zero-order valence-electron chi connectivity index (χ0n) is 7.49. The monoisotopic (exact) mass is 172 g/mol. The van der Waals surface area contributed by atoms with Crippen LogP contribution in [-0.4, -0.2) is 6.61 Å². The van der Waals surface area contributed by atoms with Gasteiger partial charge >= 0.3 is 0 Å². The lowest BCUT2D eigenvalue weighted by Crippen LogP contribution is -1.91. The van der Waals surface area contributed by atoms with Gasteiger partial charge in [0.25, 0.3) is 0 Å². The van der Waals surface area contributed by atoms with Crippen molar-refractivity contribution in [2.45, 2.75) is 6.61 Å². The Bertz CT molecular complexity index is 350. The molecule has 1 aromatic carbocycles. The van der Waals surface area contributed by atoms with Crippen molar-refractivity contribution in [3.8, 4) is 0 Å². The van der Waals surface area contributed by atoms with Gasteiger partial charge in [-0.25, -0.2) is 0 Å². The Hall–Kier alpha value is -1.34. The van der Waals surface area contributed by atoms with Crippen molar-refractivity contribution < 1.29 is 4.74 Å². The fraction of sp³-hybridized carbons (Fsp3) is 0.167. The largest absolute Gasteiger partial charge is 0.373 e. The van der Waals surface area contributed by atoms with Crippen molar-refractivity contribution in [2.75, 3.05) is 6.61 Å². The van der Waals surface area contributed by atoms with Crippen molar-refractivity contribution in [1.82, 2.24) is 0 Å². The fourth-order valence-electron chi connectivity index (χ4n) is 1.55. The third kappa shape index (κ3) is 1.56. The van der Waals surface area contributed by atoms with E-state index < -0.39 is 0 Å². The summed E-state index contributed by atoms with van der Waals surface area (Å²) in [6.45, 7) is 5.18. The first-order valence-corrected chi connectivity index (χ1v) is 4.40. The second kappa shape index (κ2) is 3.58. The van der Waals surface area contributed by atoms with Crippen LogP contribution in [0.3, 0.4) is 0 Å². The average molecular weight is 172 g/mol. The Morgan fingerprint density at radius 3 is 3.00 bits per heavy atom. The highest BCUT2D eigenvalue weighted by Gasteiger charge is 2.07. The maximum atomic E-state index is 5.43. The van der Waals surface area contributed by atoms with E-state index in [4.69, 9.17) is 4.74 Å². The smallest absolute Gasteiger partial charge is 0.0727 e. The predicted octanol–water partition coefficient (Wildman–Crippen LogP) is 2.79. The highest BCUT2D eigenvalue weighted by atomic mass is 16.5. The topological polar surface area (TPSA) is 9.23 Å². The molecule has 1 heteroatoms. The molecular formula is C12H12O. The SMILES string of the molecule is C=CC1=CCOCc2ccccc21. The average Bonchev–Trinajstić information content (AvgIpc) is 2.39. The normalized spacial score (nSPS) is 15.5. The van der Waals surface area contributed by atoms with Crippen molar-refractivity contribution in [3.05, 3.63) is 54.1 Å². The van der Waals surface area contributed by atoms with E-state index in [1.807, 2.05) is 18.2 Å². The van der Waals surface area contributed by atoms with Crippen molar-refractivity contribution in [2.24, 2.45) is 0 Å². The number of allylic oxidation sites excluding steroid dienone is 2. The number of hydrogen-bond acceptors (Lipinski definition) is 1. The molecule has 1 aliphatic rings. The van der Waals surface area contributed by atoms with E-state index in [2.05, 4.69) is 24.8 Å². The quantitative estimate of drug-likeness (QED) is 0.633. The van der Waals surface area contributed by atoms with Crippen LogP contribution in [0, 0.1) is 0 Å². The fourth-order valence-corrected chi connectivity index (χ4v) is 1.55. The van der Waals surface area contributed by atoms with E-state index in [0.717, 1.165) is 0 Å². The second-order valence-corrected chi connectivity index (χ2v) is 3.04. The summed E-state index contributed by atoms with van der Waals surface area (Å²) in [5.41, 5.74) is 3.66. The maximum absolute atomic E-state index is 5.43. The van der Waals surface area contributed by atoms with Crippen LogP contribution >= 0.6 is 0 Å². The summed E-state index contributed by atoms with van der Waals surface area (Å²) < 4.78 is 5.43. The summed E-state index contributed by atoms with van der Waals surface area (Å²) in [6, 6.07) is 8.28. The van der Waals surface area contributed by atoms with Gasteiger partial charge in [-0.05, 0) is 16.7 Å². The van der Waals surface area contributed by atoms with Gasteiger partial charge in [-0.1, -0.05) is 43.0 Å². The van der Waals surface area contributed by atoms with Gasteiger partial charge in [-0.2, -0.15) is 0 Å². The van der Waals surface area contributed by atoms with Crippen LogP contribution in [-0.2, 0) is 11.3 Å². The van der Waals surface area contributed by atoms with E-state index in [0.29, 0.717) is 13.2 Å². The molecule has 2 rings (SSSR count). The molecule has 0 N–H and O–H groups in total. The molecule has 0 saturated carbocycles. The second-order valence-electron chi connectivity index (χ2n) is 3.04. The predicted molar refractivity (Wildman–Crippen MR) is 54.3 cm³/mol. The van der Waals surface area contributed by atoms with Gasteiger partial charge in [0.15, 0.2) is 0 Å². The first-order chi connectivity index (χ1) is 6.42. The van der Waals surface area contributed by atoms with Crippen LogP contribution in [0.15, 0.2) is 43.0 Å². The highest BCUT2D eigenvalue weighted by molar-refractivity contribution is 5.75. The number of rotatable bonds is 1. The van der Waals surface area contributed by atoms with Crippen LogP contribution in [0.5, 0.6) is 0 Å². The van der Waals surface area contributed by atoms with E-state index in [1.165, 1.54) is 16.7 Å². The zero-order valence-corrected chi connectivity index (χ0v) is 7.49. The lowest BCUT2D eigenvalue weighted by atomic mass is 10.0. The third-order valence-electron chi connectivity index (χ3n) is 2.23. The van der Waals surface area contributed by atoms with E-state index in [9.17, 15) is 0 Å². The minimum absolute atomic E-state index is 0.677. The Balaban J connectivity index is 2.53. The van der Waals surface area contributed by atoms with Gasteiger partial charge in [-0.3, -0.25) is 0 Å². The highest BCUT2D eigenvalue weighted by Crippen LogP contribution is 2.23. The summed E-state index contributed by atoms with van der Waals surface area (Å²) in [5.74, 6) is 0. The Kier molecular flexibility index (Phi) is 2.28. The van der Waals surface area contributed by atoms with Crippen LogP contribution in [0.4, 0.5) is 0 Å². The molecule has 1 heterocycles. The summed E-state index contributed by atoms with van der Waals surface area (Å²) in [6.07, 6.45) is 3.95. The van der Waals surface area contributed by atoms with Crippen molar-refractivity contribution >= 4 is 5.57 Å². The number of ether oxygens (including phenoxy) is 1. The van der Waals surface area contributed by atoms with Crippen LogP contribution in [0.25, 0.3) is 5.57 Å².